The topological polar surface area (TPSA) is 120 Å². The number of amides is 2. The van der Waals surface area contributed by atoms with Crippen LogP contribution in [0.4, 0.5) is 10.1 Å². The third-order valence-corrected chi connectivity index (χ3v) is 7.39. The summed E-state index contributed by atoms with van der Waals surface area (Å²) in [7, 11) is 3.14. The lowest BCUT2D eigenvalue weighted by Gasteiger charge is -2.23. The minimum absolute atomic E-state index is 0.0651. The van der Waals surface area contributed by atoms with Gasteiger partial charge in [-0.2, -0.15) is 0 Å². The van der Waals surface area contributed by atoms with Crippen molar-refractivity contribution in [1.82, 2.24) is 15.6 Å². The standard InChI is InChI=1S/C33H35FN4O6/c1-41-24-6-3-21(4-7-24)11-15-37-32(39)33(40)38-23-5-8-29(26(34)17-23)44-28-12-16-36-27-19-31(30(42-2)18-25(27)28)43-20-22-9-13-35-14-10-22/h3-8,12,16-19,22,35H,9-11,13-15,20H2,1-2H3,(H,37,39)(H,38,40). The van der Waals surface area contributed by atoms with Crippen LogP contribution in [0.3, 0.4) is 0 Å². The molecule has 0 spiro atoms. The van der Waals surface area contributed by atoms with Crippen LogP contribution in [0.2, 0.25) is 0 Å². The van der Waals surface area contributed by atoms with Gasteiger partial charge in [-0.25, -0.2) is 4.39 Å². The molecule has 0 atom stereocenters. The number of rotatable bonds is 11. The summed E-state index contributed by atoms with van der Waals surface area (Å²) in [5, 5.41) is 8.95. The quantitative estimate of drug-likeness (QED) is 0.208. The first-order chi connectivity index (χ1) is 21.4. The number of benzene rings is 3. The fourth-order valence-electron chi connectivity index (χ4n) is 4.91. The maximum atomic E-state index is 15.1. The molecule has 0 bridgehead atoms. The maximum absolute atomic E-state index is 15.1. The smallest absolute Gasteiger partial charge is 0.313 e. The lowest BCUT2D eigenvalue weighted by Crippen LogP contribution is -2.36. The average Bonchev–Trinajstić information content (AvgIpc) is 3.05. The number of ether oxygens (including phenoxy) is 4. The van der Waals surface area contributed by atoms with E-state index in [9.17, 15) is 9.59 Å². The van der Waals surface area contributed by atoms with Gasteiger partial charge in [-0.15, -0.1) is 0 Å². The molecule has 0 radical (unpaired) electrons. The van der Waals surface area contributed by atoms with Gasteiger partial charge in [0.15, 0.2) is 23.1 Å². The maximum Gasteiger partial charge on any atom is 0.313 e. The number of fused-ring (bicyclic) bond motifs is 1. The van der Waals surface area contributed by atoms with Crippen molar-refractivity contribution in [3.05, 3.63) is 78.2 Å². The van der Waals surface area contributed by atoms with Gasteiger partial charge in [-0.3, -0.25) is 14.6 Å². The van der Waals surface area contributed by atoms with Crippen LogP contribution in [0.15, 0.2) is 66.9 Å². The monoisotopic (exact) mass is 602 g/mol. The second kappa shape index (κ2) is 14.5. The second-order valence-corrected chi connectivity index (χ2v) is 10.4. The number of aromatic nitrogens is 1. The van der Waals surface area contributed by atoms with Crippen LogP contribution < -0.4 is 34.9 Å². The first kappa shape index (κ1) is 30.6. The summed E-state index contributed by atoms with van der Waals surface area (Å²) in [6.45, 7) is 2.81. The van der Waals surface area contributed by atoms with Gasteiger partial charge in [-0.1, -0.05) is 12.1 Å². The number of hydrogen-bond donors (Lipinski definition) is 3. The van der Waals surface area contributed by atoms with Crippen LogP contribution in [-0.4, -0.2) is 57.3 Å². The van der Waals surface area contributed by atoms with Crippen molar-refractivity contribution >= 4 is 28.4 Å². The van der Waals surface area contributed by atoms with Crippen LogP contribution in [-0.2, 0) is 16.0 Å². The molecule has 5 rings (SSSR count). The van der Waals surface area contributed by atoms with Gasteiger partial charge in [0.25, 0.3) is 0 Å². The van der Waals surface area contributed by atoms with Crippen molar-refractivity contribution in [3.8, 4) is 28.7 Å². The third kappa shape index (κ3) is 7.73. The summed E-state index contributed by atoms with van der Waals surface area (Å²) in [5.74, 6) is 0.154. The van der Waals surface area contributed by atoms with Gasteiger partial charge in [0.05, 0.1) is 26.3 Å². The minimum atomic E-state index is -0.904. The Morgan fingerprint density at radius 2 is 1.70 bits per heavy atom. The molecular formula is C33H35FN4O6. The third-order valence-electron chi connectivity index (χ3n) is 7.39. The van der Waals surface area contributed by atoms with E-state index in [2.05, 4.69) is 20.9 Å². The van der Waals surface area contributed by atoms with Gasteiger partial charge in [0.2, 0.25) is 0 Å². The molecule has 10 nitrogen and oxygen atoms in total. The van der Waals surface area contributed by atoms with Crippen molar-refractivity contribution in [2.45, 2.75) is 19.3 Å². The molecule has 3 N–H and O–H groups in total. The highest BCUT2D eigenvalue weighted by atomic mass is 19.1. The van der Waals surface area contributed by atoms with Crippen LogP contribution in [0.1, 0.15) is 18.4 Å². The van der Waals surface area contributed by atoms with Crippen LogP contribution in [0.25, 0.3) is 10.9 Å². The normalized spacial score (nSPS) is 13.2. The Morgan fingerprint density at radius 1 is 0.909 bits per heavy atom. The second-order valence-electron chi connectivity index (χ2n) is 10.4. The number of anilines is 1. The number of hydrogen-bond acceptors (Lipinski definition) is 8. The van der Waals surface area contributed by atoms with Crippen molar-refractivity contribution in [3.63, 3.8) is 0 Å². The number of pyridine rings is 1. The highest BCUT2D eigenvalue weighted by Gasteiger charge is 2.18. The van der Waals surface area contributed by atoms with Crippen molar-refractivity contribution in [1.29, 1.82) is 0 Å². The summed E-state index contributed by atoms with van der Waals surface area (Å²) in [5.41, 5.74) is 1.69. The lowest BCUT2D eigenvalue weighted by atomic mass is 9.99. The van der Waals surface area contributed by atoms with E-state index in [4.69, 9.17) is 18.9 Å². The Hall–Kier alpha value is -4.90. The highest BCUT2D eigenvalue weighted by Crippen LogP contribution is 2.38. The van der Waals surface area contributed by atoms with E-state index in [0.717, 1.165) is 43.3 Å². The molecule has 1 saturated heterocycles. The first-order valence-corrected chi connectivity index (χ1v) is 14.4. The Labute approximate surface area is 254 Å². The molecule has 2 heterocycles. The number of carbonyl (C=O) groups excluding carboxylic acids is 2. The molecule has 230 valence electrons. The summed E-state index contributed by atoms with van der Waals surface area (Å²) < 4.78 is 37.8. The number of halogens is 1. The molecular weight excluding hydrogens is 567 g/mol. The van der Waals surface area contributed by atoms with Gasteiger partial charge >= 0.3 is 11.8 Å². The molecule has 3 aromatic carbocycles. The first-order valence-electron chi connectivity index (χ1n) is 14.4. The van der Waals surface area contributed by atoms with E-state index in [0.29, 0.717) is 47.1 Å². The van der Waals surface area contributed by atoms with Gasteiger partial charge in [-0.05, 0) is 80.2 Å². The number of carbonyl (C=O) groups is 2. The zero-order valence-electron chi connectivity index (χ0n) is 24.7. The van der Waals surface area contributed by atoms with E-state index in [1.807, 2.05) is 24.3 Å². The van der Waals surface area contributed by atoms with E-state index >= 15 is 4.39 Å². The van der Waals surface area contributed by atoms with Crippen LogP contribution in [0.5, 0.6) is 28.7 Å². The molecule has 0 saturated carbocycles. The van der Waals surface area contributed by atoms with Crippen molar-refractivity contribution in [2.24, 2.45) is 5.92 Å². The summed E-state index contributed by atoms with van der Waals surface area (Å²) >= 11 is 0. The van der Waals surface area contributed by atoms with Gasteiger partial charge < -0.3 is 34.9 Å². The molecule has 1 aliphatic rings. The van der Waals surface area contributed by atoms with E-state index < -0.39 is 17.6 Å². The van der Waals surface area contributed by atoms with E-state index in [1.54, 1.807) is 38.6 Å². The van der Waals surface area contributed by atoms with Gasteiger partial charge in [0, 0.05) is 35.9 Å². The van der Waals surface area contributed by atoms with Gasteiger partial charge in [0.1, 0.15) is 11.5 Å². The fourth-order valence-corrected chi connectivity index (χ4v) is 4.91. The number of piperidine rings is 1. The van der Waals surface area contributed by atoms with Crippen LogP contribution in [0, 0.1) is 11.7 Å². The number of methoxy groups -OCH3 is 2. The zero-order chi connectivity index (χ0) is 30.9. The Bertz CT molecular complexity index is 1610. The molecule has 1 aliphatic heterocycles. The Kier molecular flexibility index (Phi) is 10.1. The SMILES string of the molecule is COc1ccc(CCNC(=O)C(=O)Nc2ccc(Oc3ccnc4cc(OCC5CCNCC5)c(OC)cc34)c(F)c2)cc1. The molecule has 2 amide bonds. The van der Waals surface area contributed by atoms with E-state index in [1.165, 1.54) is 12.1 Å². The largest absolute Gasteiger partial charge is 0.497 e. The van der Waals surface area contributed by atoms with Crippen LogP contribution >= 0.6 is 0 Å². The Morgan fingerprint density at radius 3 is 2.43 bits per heavy atom. The predicted octanol–water partition coefficient (Wildman–Crippen LogP) is 4.86. The molecule has 4 aromatic rings. The average molecular weight is 603 g/mol. The molecule has 0 unspecified atom stereocenters. The van der Waals surface area contributed by atoms with Crippen molar-refractivity contribution < 1.29 is 32.9 Å². The summed E-state index contributed by atoms with van der Waals surface area (Å²) in [6, 6.07) is 16.5. The molecule has 0 aliphatic carbocycles. The molecule has 11 heteroatoms. The highest BCUT2D eigenvalue weighted by molar-refractivity contribution is 6.39. The minimum Gasteiger partial charge on any atom is -0.497 e. The fraction of sp³-hybridized carbons (Fsp3) is 0.303. The number of nitrogens with one attached hydrogen (secondary N) is 3. The number of nitrogens with zero attached hydrogens (tertiary/aromatic N) is 1. The predicted molar refractivity (Wildman–Crippen MR) is 164 cm³/mol. The molecule has 1 aromatic heterocycles. The molecule has 44 heavy (non-hydrogen) atoms. The molecule has 1 fully saturated rings. The summed E-state index contributed by atoms with van der Waals surface area (Å²) in [4.78, 5) is 29.1. The van der Waals surface area contributed by atoms with E-state index in [-0.39, 0.29) is 18.0 Å². The lowest BCUT2D eigenvalue weighted by molar-refractivity contribution is -0.136. The summed E-state index contributed by atoms with van der Waals surface area (Å²) in [6.07, 6.45) is 4.21. The van der Waals surface area contributed by atoms with Crippen molar-refractivity contribution in [2.75, 3.05) is 45.8 Å². The zero-order valence-corrected chi connectivity index (χ0v) is 24.7. The Balaban J connectivity index is 1.20.